The lowest BCUT2D eigenvalue weighted by atomic mass is 10.2. The van der Waals surface area contributed by atoms with E-state index in [0.717, 1.165) is 11.3 Å². The Morgan fingerprint density at radius 3 is 2.33 bits per heavy atom. The zero-order valence-electron chi connectivity index (χ0n) is 8.95. The standard InChI is InChI=1S/C11H15NO3/c1-13-7-8-15-10-5-3-9(4-6-10)11(12)14-2/h3-6,12H,7-8H2,1-2H3. The quantitative estimate of drug-likeness (QED) is 0.456. The molecule has 82 valence electrons. The van der Waals surface area contributed by atoms with Gasteiger partial charge in [0.1, 0.15) is 12.4 Å². The van der Waals surface area contributed by atoms with E-state index in [4.69, 9.17) is 19.6 Å². The number of benzene rings is 1. The molecule has 0 atom stereocenters. The molecule has 0 aliphatic rings. The molecule has 4 nitrogen and oxygen atoms in total. The molecule has 0 heterocycles. The average Bonchev–Trinajstić information content (AvgIpc) is 2.29. The average molecular weight is 209 g/mol. The van der Waals surface area contributed by atoms with Crippen molar-refractivity contribution >= 4 is 5.90 Å². The summed E-state index contributed by atoms with van der Waals surface area (Å²) >= 11 is 0. The molecule has 1 aromatic rings. The SMILES string of the molecule is COCCOc1ccc(C(=N)OC)cc1. The summed E-state index contributed by atoms with van der Waals surface area (Å²) in [7, 11) is 3.11. The minimum atomic E-state index is 0.151. The minimum absolute atomic E-state index is 0.151. The molecular weight excluding hydrogens is 194 g/mol. The van der Waals surface area contributed by atoms with Crippen LogP contribution in [0.3, 0.4) is 0 Å². The van der Waals surface area contributed by atoms with Gasteiger partial charge in [-0.15, -0.1) is 0 Å². The minimum Gasteiger partial charge on any atom is -0.491 e. The summed E-state index contributed by atoms with van der Waals surface area (Å²) in [5, 5.41) is 7.43. The molecule has 0 saturated heterocycles. The molecule has 0 amide bonds. The molecule has 0 saturated carbocycles. The Labute approximate surface area is 89.3 Å². The summed E-state index contributed by atoms with van der Waals surface area (Å²) in [6.07, 6.45) is 0. The molecule has 0 unspecified atom stereocenters. The Kier molecular flexibility index (Phi) is 4.63. The third-order valence-electron chi connectivity index (χ3n) is 1.88. The number of methoxy groups -OCH3 is 2. The van der Waals surface area contributed by atoms with Crippen LogP contribution >= 0.6 is 0 Å². The predicted octanol–water partition coefficient (Wildman–Crippen LogP) is 1.68. The van der Waals surface area contributed by atoms with Crippen LogP contribution in [0.1, 0.15) is 5.56 Å². The first-order valence-corrected chi connectivity index (χ1v) is 4.62. The fourth-order valence-corrected chi connectivity index (χ4v) is 1.06. The summed E-state index contributed by atoms with van der Waals surface area (Å²) in [6, 6.07) is 7.18. The number of rotatable bonds is 5. The molecule has 0 aliphatic carbocycles. The first-order chi connectivity index (χ1) is 7.27. The lowest BCUT2D eigenvalue weighted by Crippen LogP contribution is -2.05. The van der Waals surface area contributed by atoms with Crippen molar-refractivity contribution in [1.29, 1.82) is 5.41 Å². The summed E-state index contributed by atoms with van der Waals surface area (Å²) in [5.74, 6) is 0.915. The molecule has 1 rings (SSSR count). The second-order valence-electron chi connectivity index (χ2n) is 2.90. The van der Waals surface area contributed by atoms with Crippen molar-refractivity contribution in [3.63, 3.8) is 0 Å². The highest BCUT2D eigenvalue weighted by Gasteiger charge is 2.00. The predicted molar refractivity (Wildman–Crippen MR) is 57.7 cm³/mol. The van der Waals surface area contributed by atoms with E-state index < -0.39 is 0 Å². The summed E-state index contributed by atoms with van der Waals surface area (Å²) < 4.78 is 15.0. The molecule has 0 bridgehead atoms. The summed E-state index contributed by atoms with van der Waals surface area (Å²) in [6.45, 7) is 1.09. The van der Waals surface area contributed by atoms with E-state index in [2.05, 4.69) is 0 Å². The van der Waals surface area contributed by atoms with Crippen molar-refractivity contribution in [2.45, 2.75) is 0 Å². The smallest absolute Gasteiger partial charge is 0.212 e. The molecule has 4 heteroatoms. The Morgan fingerprint density at radius 2 is 1.80 bits per heavy atom. The van der Waals surface area contributed by atoms with Crippen LogP contribution in [0, 0.1) is 5.41 Å². The van der Waals surface area contributed by atoms with E-state index in [1.807, 2.05) is 0 Å². The van der Waals surface area contributed by atoms with Crippen LogP contribution in [-0.2, 0) is 9.47 Å². The van der Waals surface area contributed by atoms with Gasteiger partial charge in [-0.05, 0) is 24.3 Å². The maximum atomic E-state index is 7.43. The van der Waals surface area contributed by atoms with E-state index in [0.29, 0.717) is 13.2 Å². The Balaban J connectivity index is 2.52. The number of hydrogen-bond donors (Lipinski definition) is 1. The van der Waals surface area contributed by atoms with E-state index in [9.17, 15) is 0 Å². The van der Waals surface area contributed by atoms with Crippen LogP contribution in [0.2, 0.25) is 0 Å². The zero-order chi connectivity index (χ0) is 11.1. The molecule has 15 heavy (non-hydrogen) atoms. The Hall–Kier alpha value is -1.55. The van der Waals surface area contributed by atoms with E-state index in [1.165, 1.54) is 7.11 Å². The van der Waals surface area contributed by atoms with Crippen LogP contribution in [0.4, 0.5) is 0 Å². The van der Waals surface area contributed by atoms with Gasteiger partial charge in [-0.3, -0.25) is 5.41 Å². The molecule has 0 aliphatic heterocycles. The van der Waals surface area contributed by atoms with Gasteiger partial charge in [0.15, 0.2) is 0 Å². The number of nitrogens with one attached hydrogen (secondary N) is 1. The van der Waals surface area contributed by atoms with Crippen molar-refractivity contribution in [2.75, 3.05) is 27.4 Å². The van der Waals surface area contributed by atoms with Gasteiger partial charge in [-0.2, -0.15) is 0 Å². The molecule has 1 N–H and O–H groups in total. The van der Waals surface area contributed by atoms with Crippen LogP contribution in [-0.4, -0.2) is 33.3 Å². The van der Waals surface area contributed by atoms with Gasteiger partial charge < -0.3 is 14.2 Å². The third kappa shape index (κ3) is 3.59. The highest BCUT2D eigenvalue weighted by Crippen LogP contribution is 2.12. The second kappa shape index (κ2) is 6.03. The fourth-order valence-electron chi connectivity index (χ4n) is 1.06. The van der Waals surface area contributed by atoms with E-state index >= 15 is 0 Å². The van der Waals surface area contributed by atoms with Gasteiger partial charge in [0.2, 0.25) is 5.90 Å². The normalized spacial score (nSPS) is 9.73. The van der Waals surface area contributed by atoms with Crippen molar-refractivity contribution in [2.24, 2.45) is 0 Å². The monoisotopic (exact) mass is 209 g/mol. The number of hydrogen-bond acceptors (Lipinski definition) is 4. The zero-order valence-corrected chi connectivity index (χ0v) is 8.95. The highest BCUT2D eigenvalue weighted by molar-refractivity contribution is 5.91. The summed E-state index contributed by atoms with van der Waals surface area (Å²) in [5.41, 5.74) is 0.733. The Bertz CT molecular complexity index is 308. The molecule has 0 aromatic heterocycles. The van der Waals surface area contributed by atoms with Crippen LogP contribution in [0.15, 0.2) is 24.3 Å². The van der Waals surface area contributed by atoms with Gasteiger partial charge in [0.05, 0.1) is 13.7 Å². The third-order valence-corrected chi connectivity index (χ3v) is 1.88. The maximum Gasteiger partial charge on any atom is 0.212 e. The van der Waals surface area contributed by atoms with Crippen LogP contribution < -0.4 is 4.74 Å². The van der Waals surface area contributed by atoms with E-state index in [1.54, 1.807) is 31.4 Å². The van der Waals surface area contributed by atoms with Gasteiger partial charge in [0.25, 0.3) is 0 Å². The fraction of sp³-hybridized carbons (Fsp3) is 0.364. The number of ether oxygens (including phenoxy) is 3. The van der Waals surface area contributed by atoms with Gasteiger partial charge in [-0.25, -0.2) is 0 Å². The van der Waals surface area contributed by atoms with Crippen molar-refractivity contribution < 1.29 is 14.2 Å². The lowest BCUT2D eigenvalue weighted by Gasteiger charge is -2.06. The first kappa shape index (κ1) is 11.5. The highest BCUT2D eigenvalue weighted by atomic mass is 16.5. The van der Waals surface area contributed by atoms with Crippen LogP contribution in [0.5, 0.6) is 5.75 Å². The van der Waals surface area contributed by atoms with Gasteiger partial charge in [0, 0.05) is 12.7 Å². The molecule has 0 fully saturated rings. The van der Waals surface area contributed by atoms with Gasteiger partial charge in [-0.1, -0.05) is 0 Å². The first-order valence-electron chi connectivity index (χ1n) is 4.62. The van der Waals surface area contributed by atoms with Crippen molar-refractivity contribution in [3.8, 4) is 5.75 Å². The van der Waals surface area contributed by atoms with Gasteiger partial charge >= 0.3 is 0 Å². The lowest BCUT2D eigenvalue weighted by molar-refractivity contribution is 0.146. The second-order valence-corrected chi connectivity index (χ2v) is 2.90. The van der Waals surface area contributed by atoms with Crippen LogP contribution in [0.25, 0.3) is 0 Å². The molecule has 0 spiro atoms. The Morgan fingerprint density at radius 1 is 1.13 bits per heavy atom. The molecule has 0 radical (unpaired) electrons. The summed E-state index contributed by atoms with van der Waals surface area (Å²) in [4.78, 5) is 0. The largest absolute Gasteiger partial charge is 0.491 e. The topological polar surface area (TPSA) is 51.5 Å². The van der Waals surface area contributed by atoms with Crippen molar-refractivity contribution in [3.05, 3.63) is 29.8 Å². The van der Waals surface area contributed by atoms with E-state index in [-0.39, 0.29) is 5.90 Å². The van der Waals surface area contributed by atoms with Crippen molar-refractivity contribution in [1.82, 2.24) is 0 Å². The molecule has 1 aromatic carbocycles. The molecular formula is C11H15NO3. The maximum absolute atomic E-state index is 7.43.